The minimum absolute atomic E-state index is 0.0978. The summed E-state index contributed by atoms with van der Waals surface area (Å²) < 4.78 is 0. The van der Waals surface area contributed by atoms with Crippen molar-refractivity contribution in [3.8, 4) is 0 Å². The van der Waals surface area contributed by atoms with Crippen LogP contribution < -0.4 is 16.0 Å². The first kappa shape index (κ1) is 19.1. The van der Waals surface area contributed by atoms with Gasteiger partial charge in [0.15, 0.2) is 0 Å². The molecule has 1 saturated heterocycles. The number of anilines is 2. The molecule has 1 aliphatic heterocycles. The normalized spacial score (nSPS) is 16.3. The molecular weight excluding hydrogens is 340 g/mol. The number of nitrogens with two attached hydrogens (primary N) is 1. The third-order valence-electron chi connectivity index (χ3n) is 5.04. The van der Waals surface area contributed by atoms with Gasteiger partial charge in [0.2, 0.25) is 5.95 Å². The molecule has 3 N–H and O–H groups in total. The van der Waals surface area contributed by atoms with Gasteiger partial charge in [-0.1, -0.05) is 19.3 Å². The minimum Gasteiger partial charge on any atom is -0.365 e. The van der Waals surface area contributed by atoms with Crippen molar-refractivity contribution in [1.29, 1.82) is 0 Å². The Morgan fingerprint density at radius 2 is 1.89 bits per heavy atom. The number of hydrogen-bond acceptors (Lipinski definition) is 6. The molecule has 7 heteroatoms. The first-order valence-corrected chi connectivity index (χ1v) is 9.66. The van der Waals surface area contributed by atoms with Crippen LogP contribution in [0.5, 0.6) is 0 Å². The molecule has 0 aromatic carbocycles. The van der Waals surface area contributed by atoms with Crippen LogP contribution in [0.25, 0.3) is 0 Å². The zero-order valence-electron chi connectivity index (χ0n) is 16.1. The Kier molecular flexibility index (Phi) is 6.21. The van der Waals surface area contributed by atoms with Gasteiger partial charge in [-0.25, -0.2) is 15.0 Å². The number of nitrogens with zero attached hydrogens (tertiary/aromatic N) is 4. The van der Waals surface area contributed by atoms with E-state index in [-0.39, 0.29) is 6.04 Å². The van der Waals surface area contributed by atoms with Gasteiger partial charge in [-0.3, -0.25) is 4.79 Å². The number of aromatic nitrogens is 3. The van der Waals surface area contributed by atoms with Crippen molar-refractivity contribution in [1.82, 2.24) is 15.0 Å². The van der Waals surface area contributed by atoms with Gasteiger partial charge in [0.25, 0.3) is 5.91 Å². The average Bonchev–Trinajstić information content (AvgIpc) is 2.61. The van der Waals surface area contributed by atoms with Crippen LogP contribution in [0.15, 0.2) is 24.5 Å². The van der Waals surface area contributed by atoms with Gasteiger partial charge in [0.05, 0.1) is 11.6 Å². The SMILES string of the molecule is Cc1nc(N2CCCCCCC2)ncc1C(C)Nc1ncccc1C(N)=O. The Bertz CT molecular complexity index is 786. The molecule has 2 aromatic heterocycles. The van der Waals surface area contributed by atoms with E-state index in [1.807, 2.05) is 20.0 Å². The predicted molar refractivity (Wildman–Crippen MR) is 107 cm³/mol. The van der Waals surface area contributed by atoms with Crippen LogP contribution in [-0.2, 0) is 0 Å². The molecule has 1 aliphatic rings. The van der Waals surface area contributed by atoms with E-state index in [1.165, 1.54) is 32.1 Å². The average molecular weight is 368 g/mol. The molecule has 3 rings (SSSR count). The maximum absolute atomic E-state index is 11.6. The Balaban J connectivity index is 1.76. The molecule has 1 atom stereocenters. The molecule has 0 bridgehead atoms. The maximum Gasteiger partial charge on any atom is 0.252 e. The fourth-order valence-electron chi connectivity index (χ4n) is 3.49. The maximum atomic E-state index is 11.6. The van der Waals surface area contributed by atoms with Crippen LogP contribution in [0.3, 0.4) is 0 Å². The van der Waals surface area contributed by atoms with E-state index < -0.39 is 5.91 Å². The summed E-state index contributed by atoms with van der Waals surface area (Å²) in [6, 6.07) is 3.26. The minimum atomic E-state index is -0.502. The second-order valence-electron chi connectivity index (χ2n) is 7.10. The zero-order valence-corrected chi connectivity index (χ0v) is 16.1. The van der Waals surface area contributed by atoms with Crippen molar-refractivity contribution in [2.75, 3.05) is 23.3 Å². The summed E-state index contributed by atoms with van der Waals surface area (Å²) in [7, 11) is 0. The molecule has 27 heavy (non-hydrogen) atoms. The van der Waals surface area contributed by atoms with Gasteiger partial charge < -0.3 is 16.0 Å². The summed E-state index contributed by atoms with van der Waals surface area (Å²) in [6.07, 6.45) is 9.78. The molecule has 0 spiro atoms. The van der Waals surface area contributed by atoms with E-state index in [0.717, 1.165) is 30.3 Å². The highest BCUT2D eigenvalue weighted by Crippen LogP contribution is 2.24. The lowest BCUT2D eigenvalue weighted by Gasteiger charge is -2.26. The summed E-state index contributed by atoms with van der Waals surface area (Å²) in [5.74, 6) is 0.781. The summed E-state index contributed by atoms with van der Waals surface area (Å²) in [5.41, 5.74) is 7.72. The number of hydrogen-bond donors (Lipinski definition) is 2. The van der Waals surface area contributed by atoms with E-state index in [4.69, 9.17) is 10.7 Å². The van der Waals surface area contributed by atoms with Crippen molar-refractivity contribution < 1.29 is 4.79 Å². The first-order valence-electron chi connectivity index (χ1n) is 9.66. The number of carbonyl (C=O) groups excluding carboxylic acids is 1. The summed E-state index contributed by atoms with van der Waals surface area (Å²) in [5, 5.41) is 3.26. The number of aryl methyl sites for hydroxylation is 1. The molecular formula is C20H28N6O. The third-order valence-corrected chi connectivity index (χ3v) is 5.04. The largest absolute Gasteiger partial charge is 0.365 e. The van der Waals surface area contributed by atoms with Crippen LogP contribution in [0, 0.1) is 6.92 Å². The third kappa shape index (κ3) is 4.72. The standard InChI is InChI=1S/C20H28N6O/c1-14(24-19-16(18(21)27)9-8-10-22-19)17-13-23-20(25-15(17)2)26-11-6-4-3-5-7-12-26/h8-10,13-14H,3-7,11-12H2,1-2H3,(H2,21,27)(H,22,24). The Morgan fingerprint density at radius 1 is 1.19 bits per heavy atom. The van der Waals surface area contributed by atoms with Crippen LogP contribution in [-0.4, -0.2) is 33.9 Å². The van der Waals surface area contributed by atoms with E-state index in [9.17, 15) is 4.79 Å². The Morgan fingerprint density at radius 3 is 2.56 bits per heavy atom. The molecule has 0 aliphatic carbocycles. The van der Waals surface area contributed by atoms with Crippen LogP contribution in [0.4, 0.5) is 11.8 Å². The van der Waals surface area contributed by atoms with E-state index in [0.29, 0.717) is 11.4 Å². The molecule has 1 unspecified atom stereocenters. The highest BCUT2D eigenvalue weighted by atomic mass is 16.1. The lowest BCUT2D eigenvalue weighted by atomic mass is 10.1. The number of carbonyl (C=O) groups is 1. The second-order valence-corrected chi connectivity index (χ2v) is 7.10. The van der Waals surface area contributed by atoms with Gasteiger partial charge in [-0.15, -0.1) is 0 Å². The predicted octanol–water partition coefficient (Wildman–Crippen LogP) is 3.22. The van der Waals surface area contributed by atoms with Crippen molar-refractivity contribution in [2.24, 2.45) is 5.73 Å². The molecule has 2 aromatic rings. The van der Waals surface area contributed by atoms with Crippen molar-refractivity contribution in [3.63, 3.8) is 0 Å². The summed E-state index contributed by atoms with van der Waals surface area (Å²) in [4.78, 5) is 27.5. The number of primary amides is 1. The second kappa shape index (κ2) is 8.79. The fourth-order valence-corrected chi connectivity index (χ4v) is 3.49. The van der Waals surface area contributed by atoms with Gasteiger partial charge in [-0.05, 0) is 38.8 Å². The van der Waals surface area contributed by atoms with Crippen molar-refractivity contribution >= 4 is 17.7 Å². The Hall–Kier alpha value is -2.70. The quantitative estimate of drug-likeness (QED) is 0.841. The summed E-state index contributed by atoms with van der Waals surface area (Å²) in [6.45, 7) is 6.03. The van der Waals surface area contributed by atoms with Crippen molar-refractivity contribution in [3.05, 3.63) is 41.3 Å². The molecule has 0 saturated carbocycles. The van der Waals surface area contributed by atoms with Crippen LogP contribution >= 0.6 is 0 Å². The van der Waals surface area contributed by atoms with Crippen LogP contribution in [0.1, 0.15) is 66.7 Å². The summed E-state index contributed by atoms with van der Waals surface area (Å²) >= 11 is 0. The van der Waals surface area contributed by atoms with Gasteiger partial charge >= 0.3 is 0 Å². The first-order chi connectivity index (χ1) is 13.1. The molecule has 1 amide bonds. The lowest BCUT2D eigenvalue weighted by Crippen LogP contribution is -2.29. The number of rotatable bonds is 5. The topological polar surface area (TPSA) is 97.0 Å². The van der Waals surface area contributed by atoms with Gasteiger partial charge in [-0.2, -0.15) is 0 Å². The molecule has 3 heterocycles. The van der Waals surface area contributed by atoms with E-state index in [1.54, 1.807) is 18.3 Å². The van der Waals surface area contributed by atoms with Gasteiger partial charge in [0.1, 0.15) is 5.82 Å². The highest BCUT2D eigenvalue weighted by molar-refractivity contribution is 5.97. The Labute approximate surface area is 160 Å². The molecule has 0 radical (unpaired) electrons. The smallest absolute Gasteiger partial charge is 0.252 e. The number of amides is 1. The number of pyridine rings is 1. The van der Waals surface area contributed by atoms with Crippen LogP contribution in [0.2, 0.25) is 0 Å². The van der Waals surface area contributed by atoms with Gasteiger partial charge in [0, 0.05) is 36.7 Å². The van der Waals surface area contributed by atoms with E-state index >= 15 is 0 Å². The fraction of sp³-hybridized carbons (Fsp3) is 0.500. The van der Waals surface area contributed by atoms with E-state index in [2.05, 4.69) is 20.2 Å². The monoisotopic (exact) mass is 368 g/mol. The van der Waals surface area contributed by atoms with Crippen molar-refractivity contribution in [2.45, 2.75) is 52.0 Å². The highest BCUT2D eigenvalue weighted by Gasteiger charge is 2.17. The zero-order chi connectivity index (χ0) is 19.2. The number of nitrogens with one attached hydrogen (secondary N) is 1. The lowest BCUT2D eigenvalue weighted by molar-refractivity contribution is 0.100. The molecule has 1 fully saturated rings. The molecule has 144 valence electrons. The molecule has 7 nitrogen and oxygen atoms in total.